The molecule has 0 saturated heterocycles. The summed E-state index contributed by atoms with van der Waals surface area (Å²) in [5.74, 6) is -3.06. The van der Waals surface area contributed by atoms with Gasteiger partial charge in [0.25, 0.3) is 0 Å². The van der Waals surface area contributed by atoms with Gasteiger partial charge in [-0.05, 0) is 50.8 Å². The maximum atomic E-state index is 13.6. The molecule has 1 aromatic rings. The summed E-state index contributed by atoms with van der Waals surface area (Å²) >= 11 is 0. The molecule has 0 amide bonds. The monoisotopic (exact) mass is 440 g/mol. The maximum Gasteiger partial charge on any atom is 0.337 e. The molecule has 0 saturated carbocycles. The van der Waals surface area contributed by atoms with Crippen LogP contribution < -0.4 is 10.2 Å². The molecule has 7 heteroatoms. The highest BCUT2D eigenvalue weighted by atomic mass is 16.5. The number of dihydropyridines is 1. The molecule has 1 aliphatic carbocycles. The van der Waals surface area contributed by atoms with Gasteiger partial charge in [0, 0.05) is 42.7 Å². The quantitative estimate of drug-likeness (QED) is 0.555. The molecular weight excluding hydrogens is 408 g/mol. The Morgan fingerprint density at radius 1 is 1.16 bits per heavy atom. The topological polar surface area (TPSA) is 84.9 Å². The molecule has 7 nitrogen and oxygen atoms in total. The molecule has 3 atom stereocenters. The summed E-state index contributed by atoms with van der Waals surface area (Å²) in [7, 11) is 5.18. The van der Waals surface area contributed by atoms with Crippen LogP contribution in [-0.2, 0) is 23.9 Å². The summed E-state index contributed by atoms with van der Waals surface area (Å²) in [5, 5.41) is 3.27. The molecule has 1 N–H and O–H groups in total. The number of anilines is 1. The van der Waals surface area contributed by atoms with Gasteiger partial charge in [-0.25, -0.2) is 4.79 Å². The van der Waals surface area contributed by atoms with Crippen LogP contribution in [0, 0.1) is 11.8 Å². The highest BCUT2D eigenvalue weighted by Crippen LogP contribution is 2.45. The molecule has 0 spiro atoms. The van der Waals surface area contributed by atoms with Gasteiger partial charge in [0.1, 0.15) is 5.92 Å². The SMILES string of the molecule is COC(=O)[C@H]1C(=O)C2=C(C[C@H]1C)NC(C)=C(C(=O)OC(C)C)[C@@H]2c1ccc(N(C)C)cc1. The second-order valence-electron chi connectivity index (χ2n) is 8.98. The normalized spacial score (nSPS) is 23.0. The van der Waals surface area contributed by atoms with Crippen LogP contribution in [0.3, 0.4) is 0 Å². The van der Waals surface area contributed by atoms with E-state index in [0.29, 0.717) is 23.3 Å². The molecule has 0 bridgehead atoms. The number of carbonyl (C=O) groups is 3. The van der Waals surface area contributed by atoms with Crippen molar-refractivity contribution in [2.75, 3.05) is 26.1 Å². The molecule has 3 rings (SSSR count). The van der Waals surface area contributed by atoms with Crippen LogP contribution in [-0.4, -0.2) is 45.0 Å². The van der Waals surface area contributed by atoms with Crippen LogP contribution in [0.4, 0.5) is 5.69 Å². The Kier molecular flexibility index (Phi) is 6.77. The molecule has 32 heavy (non-hydrogen) atoms. The number of allylic oxidation sites excluding steroid dienone is 3. The third-order valence-corrected chi connectivity index (χ3v) is 6.05. The molecule has 0 fully saturated rings. The molecule has 172 valence electrons. The van der Waals surface area contributed by atoms with Crippen molar-refractivity contribution in [1.29, 1.82) is 0 Å². The van der Waals surface area contributed by atoms with Gasteiger partial charge < -0.3 is 19.7 Å². The second kappa shape index (κ2) is 9.18. The van der Waals surface area contributed by atoms with Crippen molar-refractivity contribution in [3.8, 4) is 0 Å². The summed E-state index contributed by atoms with van der Waals surface area (Å²) in [5.41, 5.74) is 4.04. The van der Waals surface area contributed by atoms with Crippen LogP contribution in [0.25, 0.3) is 0 Å². The van der Waals surface area contributed by atoms with Crippen LogP contribution in [0.5, 0.6) is 0 Å². The zero-order valence-electron chi connectivity index (χ0n) is 19.8. The van der Waals surface area contributed by atoms with Gasteiger partial charge in [0.2, 0.25) is 0 Å². The highest BCUT2D eigenvalue weighted by Gasteiger charge is 2.47. The van der Waals surface area contributed by atoms with E-state index in [1.54, 1.807) is 13.8 Å². The predicted molar refractivity (Wildman–Crippen MR) is 122 cm³/mol. The minimum Gasteiger partial charge on any atom is -0.468 e. The lowest BCUT2D eigenvalue weighted by atomic mass is 9.69. The average molecular weight is 441 g/mol. The number of nitrogens with one attached hydrogen (secondary N) is 1. The highest BCUT2D eigenvalue weighted by molar-refractivity contribution is 6.12. The van der Waals surface area contributed by atoms with Crippen molar-refractivity contribution in [3.05, 3.63) is 52.4 Å². The van der Waals surface area contributed by atoms with Crippen molar-refractivity contribution in [3.63, 3.8) is 0 Å². The molecule has 1 aliphatic heterocycles. The van der Waals surface area contributed by atoms with Crippen molar-refractivity contribution in [2.24, 2.45) is 11.8 Å². The van der Waals surface area contributed by atoms with Gasteiger partial charge in [-0.2, -0.15) is 0 Å². The van der Waals surface area contributed by atoms with E-state index in [9.17, 15) is 14.4 Å². The summed E-state index contributed by atoms with van der Waals surface area (Å²) in [4.78, 5) is 41.2. The number of nitrogens with zero attached hydrogens (tertiary/aromatic N) is 1. The summed E-state index contributed by atoms with van der Waals surface area (Å²) in [6.45, 7) is 7.27. The number of methoxy groups -OCH3 is 1. The molecule has 2 aliphatic rings. The van der Waals surface area contributed by atoms with Gasteiger partial charge in [0.15, 0.2) is 5.78 Å². The van der Waals surface area contributed by atoms with E-state index >= 15 is 0 Å². The predicted octanol–water partition coefficient (Wildman–Crippen LogP) is 3.32. The number of ketones is 1. The van der Waals surface area contributed by atoms with Crippen molar-refractivity contribution in [1.82, 2.24) is 5.32 Å². The molecule has 0 aromatic heterocycles. The first-order valence-corrected chi connectivity index (χ1v) is 10.9. The fraction of sp³-hybridized carbons (Fsp3) is 0.480. The van der Waals surface area contributed by atoms with E-state index in [2.05, 4.69) is 5.32 Å². The third kappa shape index (κ3) is 4.29. The lowest BCUT2D eigenvalue weighted by molar-refractivity contribution is -0.151. The van der Waals surface area contributed by atoms with Gasteiger partial charge in [-0.3, -0.25) is 9.59 Å². The average Bonchev–Trinajstić information content (AvgIpc) is 2.71. The minimum atomic E-state index is -0.898. The van der Waals surface area contributed by atoms with Crippen LogP contribution in [0.1, 0.15) is 45.6 Å². The van der Waals surface area contributed by atoms with E-state index < -0.39 is 23.8 Å². The van der Waals surface area contributed by atoms with Crippen LogP contribution in [0.15, 0.2) is 46.8 Å². The van der Waals surface area contributed by atoms with Crippen LogP contribution in [0.2, 0.25) is 0 Å². The van der Waals surface area contributed by atoms with E-state index in [1.807, 2.05) is 57.1 Å². The Hall–Kier alpha value is -3.09. The number of ether oxygens (including phenoxy) is 2. The van der Waals surface area contributed by atoms with Crippen LogP contribution >= 0.6 is 0 Å². The van der Waals surface area contributed by atoms with Gasteiger partial charge in [-0.15, -0.1) is 0 Å². The lowest BCUT2D eigenvalue weighted by Gasteiger charge is -2.38. The first kappa shape index (κ1) is 23.6. The van der Waals surface area contributed by atoms with Gasteiger partial charge in [-0.1, -0.05) is 19.1 Å². The van der Waals surface area contributed by atoms with Crippen molar-refractivity contribution in [2.45, 2.75) is 46.1 Å². The summed E-state index contributed by atoms with van der Waals surface area (Å²) in [6.07, 6.45) is 0.205. The Bertz CT molecular complexity index is 988. The Balaban J connectivity index is 2.17. The second-order valence-corrected chi connectivity index (χ2v) is 8.98. The number of rotatable bonds is 5. The van der Waals surface area contributed by atoms with E-state index in [1.165, 1.54) is 7.11 Å². The first-order chi connectivity index (χ1) is 15.1. The lowest BCUT2D eigenvalue weighted by Crippen LogP contribution is -2.43. The fourth-order valence-corrected chi connectivity index (χ4v) is 4.53. The van der Waals surface area contributed by atoms with Crippen molar-refractivity contribution >= 4 is 23.4 Å². The Morgan fingerprint density at radius 3 is 2.31 bits per heavy atom. The summed E-state index contributed by atoms with van der Waals surface area (Å²) < 4.78 is 10.5. The third-order valence-electron chi connectivity index (χ3n) is 6.05. The number of hydrogen-bond acceptors (Lipinski definition) is 7. The molecule has 1 aromatic carbocycles. The van der Waals surface area contributed by atoms with E-state index in [-0.39, 0.29) is 17.8 Å². The zero-order chi connectivity index (χ0) is 23.7. The molecule has 0 unspecified atom stereocenters. The molecule has 1 heterocycles. The fourth-order valence-electron chi connectivity index (χ4n) is 4.53. The molecular formula is C25H32N2O5. The van der Waals surface area contributed by atoms with Crippen molar-refractivity contribution < 1.29 is 23.9 Å². The number of benzene rings is 1. The van der Waals surface area contributed by atoms with E-state index in [4.69, 9.17) is 9.47 Å². The van der Waals surface area contributed by atoms with Gasteiger partial charge >= 0.3 is 11.9 Å². The standard InChI is InChI=1S/C25H32N2O5/c1-13(2)32-25(30)20-15(4)26-18-12-14(3)19(24(29)31-7)23(28)22(18)21(20)16-8-10-17(11-9-16)27(5)6/h8-11,13-14,19,21,26H,12H2,1-7H3/t14-,19-,21+/m1/s1. The number of Topliss-reactive ketones (excluding diaryl/α,β-unsaturated/α-hetero) is 1. The largest absolute Gasteiger partial charge is 0.468 e. The smallest absolute Gasteiger partial charge is 0.337 e. The van der Waals surface area contributed by atoms with Gasteiger partial charge in [0.05, 0.1) is 18.8 Å². The molecule has 0 radical (unpaired) electrons. The number of esters is 2. The number of hydrogen-bond donors (Lipinski definition) is 1. The summed E-state index contributed by atoms with van der Waals surface area (Å²) in [6, 6.07) is 7.74. The minimum absolute atomic E-state index is 0.213. The first-order valence-electron chi connectivity index (χ1n) is 10.9. The zero-order valence-corrected chi connectivity index (χ0v) is 19.8. The Labute approximate surface area is 189 Å². The number of carbonyl (C=O) groups excluding carboxylic acids is 3. The maximum absolute atomic E-state index is 13.6. The van der Waals surface area contributed by atoms with E-state index in [0.717, 1.165) is 16.9 Å². The Morgan fingerprint density at radius 2 is 1.78 bits per heavy atom.